The Labute approximate surface area is 102 Å². The molecule has 1 heterocycles. The lowest BCUT2D eigenvalue weighted by atomic mass is 9.82. The van der Waals surface area contributed by atoms with Crippen LogP contribution in [-0.2, 0) is 0 Å². The van der Waals surface area contributed by atoms with E-state index in [4.69, 9.17) is 10.5 Å². The second-order valence-corrected chi connectivity index (χ2v) is 4.62. The number of nitrogens with two attached hydrogens (primary N) is 1. The Bertz CT molecular complexity index is 363. The molecule has 0 aliphatic heterocycles. The van der Waals surface area contributed by atoms with Crippen molar-refractivity contribution in [2.24, 2.45) is 5.73 Å². The van der Waals surface area contributed by atoms with Gasteiger partial charge in [0, 0.05) is 12.6 Å². The quantitative estimate of drug-likeness (QED) is 0.830. The van der Waals surface area contributed by atoms with E-state index in [1.165, 1.54) is 25.6 Å². The molecule has 17 heavy (non-hydrogen) atoms. The Morgan fingerprint density at radius 3 is 2.76 bits per heavy atom. The van der Waals surface area contributed by atoms with Crippen LogP contribution in [0.5, 0.6) is 5.88 Å². The molecular weight excluding hydrogens is 216 g/mol. The Hall–Kier alpha value is -1.36. The molecule has 0 unspecified atom stereocenters. The van der Waals surface area contributed by atoms with Crippen LogP contribution in [-0.4, -0.2) is 29.2 Å². The summed E-state index contributed by atoms with van der Waals surface area (Å²) in [4.78, 5) is 8.21. The standard InChI is InChI=1S/C12H20N4O/c1-17-11-7-10(14-9-15-11)16-12(8-13)5-3-2-4-6-12/h7,9H,2-6,8,13H2,1H3,(H,14,15,16). The summed E-state index contributed by atoms with van der Waals surface area (Å²) in [5.41, 5.74) is 5.92. The molecule has 0 bridgehead atoms. The molecular formula is C12H20N4O. The number of rotatable bonds is 4. The normalized spacial score (nSPS) is 18.7. The molecule has 5 heteroatoms. The Kier molecular flexibility index (Phi) is 3.78. The molecule has 1 aromatic rings. The molecule has 0 amide bonds. The first kappa shape index (κ1) is 12.1. The number of aromatic nitrogens is 2. The van der Waals surface area contributed by atoms with Crippen molar-refractivity contribution in [3.63, 3.8) is 0 Å². The van der Waals surface area contributed by atoms with Gasteiger partial charge in [0.05, 0.1) is 12.6 Å². The van der Waals surface area contributed by atoms with Crippen LogP contribution < -0.4 is 15.8 Å². The maximum Gasteiger partial charge on any atom is 0.218 e. The van der Waals surface area contributed by atoms with Gasteiger partial charge in [0.15, 0.2) is 0 Å². The van der Waals surface area contributed by atoms with Gasteiger partial charge in [-0.3, -0.25) is 0 Å². The zero-order valence-electron chi connectivity index (χ0n) is 10.3. The monoisotopic (exact) mass is 236 g/mol. The van der Waals surface area contributed by atoms with Crippen molar-refractivity contribution in [1.82, 2.24) is 9.97 Å². The van der Waals surface area contributed by atoms with Crippen LogP contribution >= 0.6 is 0 Å². The fourth-order valence-corrected chi connectivity index (χ4v) is 2.40. The second-order valence-electron chi connectivity index (χ2n) is 4.62. The van der Waals surface area contributed by atoms with E-state index in [9.17, 15) is 0 Å². The van der Waals surface area contributed by atoms with Crippen molar-refractivity contribution in [2.45, 2.75) is 37.6 Å². The van der Waals surface area contributed by atoms with Gasteiger partial charge in [-0.1, -0.05) is 19.3 Å². The highest BCUT2D eigenvalue weighted by molar-refractivity contribution is 5.40. The molecule has 1 aromatic heterocycles. The molecule has 0 spiro atoms. The molecule has 1 aliphatic carbocycles. The van der Waals surface area contributed by atoms with Crippen LogP contribution in [0.2, 0.25) is 0 Å². The zero-order valence-corrected chi connectivity index (χ0v) is 10.3. The SMILES string of the molecule is COc1cc(NC2(CN)CCCCC2)ncn1. The summed E-state index contributed by atoms with van der Waals surface area (Å²) in [6, 6.07) is 1.81. The highest BCUT2D eigenvalue weighted by atomic mass is 16.5. The summed E-state index contributed by atoms with van der Waals surface area (Å²) in [6.45, 7) is 0.638. The zero-order chi connectivity index (χ0) is 12.1. The fraction of sp³-hybridized carbons (Fsp3) is 0.667. The van der Waals surface area contributed by atoms with Crippen molar-refractivity contribution in [3.05, 3.63) is 12.4 Å². The van der Waals surface area contributed by atoms with E-state index in [0.29, 0.717) is 12.4 Å². The molecule has 0 atom stereocenters. The average Bonchev–Trinajstić information content (AvgIpc) is 2.40. The highest BCUT2D eigenvalue weighted by Gasteiger charge is 2.30. The summed E-state index contributed by atoms with van der Waals surface area (Å²) in [7, 11) is 1.60. The number of nitrogens with zero attached hydrogens (tertiary/aromatic N) is 2. The highest BCUT2D eigenvalue weighted by Crippen LogP contribution is 2.30. The van der Waals surface area contributed by atoms with E-state index in [-0.39, 0.29) is 5.54 Å². The Morgan fingerprint density at radius 1 is 1.35 bits per heavy atom. The van der Waals surface area contributed by atoms with Gasteiger partial charge >= 0.3 is 0 Å². The van der Waals surface area contributed by atoms with Crippen molar-refractivity contribution < 1.29 is 4.74 Å². The lowest BCUT2D eigenvalue weighted by Gasteiger charge is -2.37. The van der Waals surface area contributed by atoms with Gasteiger partial charge < -0.3 is 15.8 Å². The molecule has 1 fully saturated rings. The third-order valence-electron chi connectivity index (χ3n) is 3.45. The minimum Gasteiger partial charge on any atom is -0.481 e. The van der Waals surface area contributed by atoms with Gasteiger partial charge in [-0.15, -0.1) is 0 Å². The first-order valence-corrected chi connectivity index (χ1v) is 6.12. The summed E-state index contributed by atoms with van der Waals surface area (Å²) in [6.07, 6.45) is 7.48. The van der Waals surface area contributed by atoms with E-state index in [1.807, 2.05) is 6.07 Å². The lowest BCUT2D eigenvalue weighted by Crippen LogP contribution is -2.47. The molecule has 1 saturated carbocycles. The molecule has 0 radical (unpaired) electrons. The first-order chi connectivity index (χ1) is 8.28. The van der Waals surface area contributed by atoms with Crippen molar-refractivity contribution in [2.75, 3.05) is 19.0 Å². The Morgan fingerprint density at radius 2 is 2.12 bits per heavy atom. The van der Waals surface area contributed by atoms with E-state index in [0.717, 1.165) is 18.7 Å². The van der Waals surface area contributed by atoms with Crippen LogP contribution in [0.1, 0.15) is 32.1 Å². The maximum atomic E-state index is 5.92. The molecule has 0 saturated heterocycles. The Balaban J connectivity index is 2.11. The number of ether oxygens (including phenoxy) is 1. The van der Waals surface area contributed by atoms with Crippen molar-refractivity contribution in [3.8, 4) is 5.88 Å². The average molecular weight is 236 g/mol. The number of anilines is 1. The maximum absolute atomic E-state index is 5.92. The summed E-state index contributed by atoms with van der Waals surface area (Å²) in [5, 5.41) is 3.46. The third kappa shape index (κ3) is 2.85. The number of hydrogen-bond acceptors (Lipinski definition) is 5. The molecule has 0 aromatic carbocycles. The largest absolute Gasteiger partial charge is 0.481 e. The smallest absolute Gasteiger partial charge is 0.218 e. The van der Waals surface area contributed by atoms with Gasteiger partial charge in [-0.25, -0.2) is 9.97 Å². The van der Waals surface area contributed by atoms with Crippen molar-refractivity contribution in [1.29, 1.82) is 0 Å². The van der Waals surface area contributed by atoms with Crippen LogP contribution in [0.4, 0.5) is 5.82 Å². The number of nitrogens with one attached hydrogen (secondary N) is 1. The molecule has 3 N–H and O–H groups in total. The fourth-order valence-electron chi connectivity index (χ4n) is 2.40. The third-order valence-corrected chi connectivity index (χ3v) is 3.45. The van der Waals surface area contributed by atoms with E-state index in [2.05, 4.69) is 15.3 Å². The van der Waals surface area contributed by atoms with Crippen LogP contribution in [0.15, 0.2) is 12.4 Å². The van der Waals surface area contributed by atoms with Gasteiger partial charge in [0.25, 0.3) is 0 Å². The van der Waals surface area contributed by atoms with Crippen molar-refractivity contribution >= 4 is 5.82 Å². The molecule has 5 nitrogen and oxygen atoms in total. The predicted molar refractivity (Wildman–Crippen MR) is 67.1 cm³/mol. The van der Waals surface area contributed by atoms with Gasteiger partial charge in [-0.2, -0.15) is 0 Å². The van der Waals surface area contributed by atoms with E-state index >= 15 is 0 Å². The molecule has 94 valence electrons. The molecule has 2 rings (SSSR count). The summed E-state index contributed by atoms with van der Waals surface area (Å²) >= 11 is 0. The van der Waals surface area contributed by atoms with Gasteiger partial charge in [0.2, 0.25) is 5.88 Å². The minimum atomic E-state index is -0.00237. The predicted octanol–water partition coefficient (Wildman–Crippen LogP) is 1.56. The van der Waals surface area contributed by atoms with Crippen LogP contribution in [0, 0.1) is 0 Å². The summed E-state index contributed by atoms with van der Waals surface area (Å²) in [5.74, 6) is 1.37. The van der Waals surface area contributed by atoms with Crippen LogP contribution in [0.25, 0.3) is 0 Å². The topological polar surface area (TPSA) is 73.1 Å². The molecule has 1 aliphatic rings. The summed E-state index contributed by atoms with van der Waals surface area (Å²) < 4.78 is 5.09. The number of hydrogen-bond donors (Lipinski definition) is 2. The lowest BCUT2D eigenvalue weighted by molar-refractivity contribution is 0.329. The first-order valence-electron chi connectivity index (χ1n) is 6.12. The van der Waals surface area contributed by atoms with Gasteiger partial charge in [-0.05, 0) is 12.8 Å². The second kappa shape index (κ2) is 5.31. The number of methoxy groups -OCH3 is 1. The van der Waals surface area contributed by atoms with E-state index in [1.54, 1.807) is 7.11 Å². The minimum absolute atomic E-state index is 0.00237. The van der Waals surface area contributed by atoms with Crippen LogP contribution in [0.3, 0.4) is 0 Å². The van der Waals surface area contributed by atoms with E-state index < -0.39 is 0 Å². The van der Waals surface area contributed by atoms with Gasteiger partial charge in [0.1, 0.15) is 12.1 Å².